The third-order valence-corrected chi connectivity index (χ3v) is 8.16. The van der Waals surface area contributed by atoms with Gasteiger partial charge in [0.2, 0.25) is 0 Å². The topological polar surface area (TPSA) is 51.1 Å². The second-order valence-corrected chi connectivity index (χ2v) is 9.66. The summed E-state index contributed by atoms with van der Waals surface area (Å²) in [6, 6.07) is 20.2. The average molecular weight is 424 g/mol. The van der Waals surface area contributed by atoms with Gasteiger partial charge in [-0.15, -0.1) is 0 Å². The fourth-order valence-corrected chi connectivity index (χ4v) is 5.97. The van der Waals surface area contributed by atoms with Gasteiger partial charge in [-0.1, -0.05) is 18.2 Å². The van der Waals surface area contributed by atoms with E-state index in [0.717, 1.165) is 44.2 Å². The van der Waals surface area contributed by atoms with E-state index in [2.05, 4.69) is 22.8 Å². The molecule has 0 aliphatic rings. The molecular formula is C23H25NO5Si. The molecule has 156 valence electrons. The third kappa shape index (κ3) is 3.07. The Bertz CT molecular complexity index is 1130. The van der Waals surface area contributed by atoms with Crippen LogP contribution in [0.4, 0.5) is 0 Å². The first-order valence-electron chi connectivity index (χ1n) is 9.54. The van der Waals surface area contributed by atoms with Crippen molar-refractivity contribution in [2.24, 2.45) is 0 Å². The van der Waals surface area contributed by atoms with Gasteiger partial charge in [-0.25, -0.2) is 0 Å². The number of hydrogen-bond acceptors (Lipinski definition) is 5. The summed E-state index contributed by atoms with van der Waals surface area (Å²) in [5.74, 6) is 1.60. The molecule has 0 saturated heterocycles. The van der Waals surface area contributed by atoms with Gasteiger partial charge in [0.25, 0.3) is 0 Å². The van der Waals surface area contributed by atoms with Crippen LogP contribution in [0.2, 0.25) is 0 Å². The van der Waals surface area contributed by atoms with Crippen molar-refractivity contribution in [3.63, 3.8) is 0 Å². The Labute approximate surface area is 176 Å². The zero-order valence-electron chi connectivity index (χ0n) is 17.8. The number of aromatic nitrogens is 1. The van der Waals surface area contributed by atoms with Crippen molar-refractivity contribution < 1.29 is 22.8 Å². The molecule has 30 heavy (non-hydrogen) atoms. The fourth-order valence-electron chi connectivity index (χ4n) is 4.00. The van der Waals surface area contributed by atoms with Crippen molar-refractivity contribution in [1.82, 2.24) is 4.57 Å². The summed E-state index contributed by atoms with van der Waals surface area (Å²) in [5, 5.41) is 3.03. The smallest absolute Gasteiger partial charge is 0.497 e. The number of rotatable bonds is 7. The molecule has 0 atom stereocenters. The lowest BCUT2D eigenvalue weighted by atomic mass is 10.1. The summed E-state index contributed by atoms with van der Waals surface area (Å²) in [5.41, 5.74) is 3.03. The number of benzene rings is 3. The lowest BCUT2D eigenvalue weighted by molar-refractivity contribution is 0.140. The monoisotopic (exact) mass is 423 g/mol. The SMILES string of the molecule is COc1ccc2c(c1)c1cc(OC)ccc1n2-c1ccccc1[Si](OC)(OC)OC. The maximum Gasteiger partial charge on any atom is 0.538 e. The van der Waals surface area contributed by atoms with Crippen molar-refractivity contribution in [3.8, 4) is 17.2 Å². The van der Waals surface area contributed by atoms with E-state index in [1.165, 1.54) is 0 Å². The highest BCUT2D eigenvalue weighted by Crippen LogP contribution is 2.36. The summed E-state index contributed by atoms with van der Waals surface area (Å²) >= 11 is 0. The largest absolute Gasteiger partial charge is 0.538 e. The molecule has 0 saturated carbocycles. The Hall–Kier alpha value is -2.84. The molecule has 0 radical (unpaired) electrons. The molecule has 0 spiro atoms. The molecule has 0 N–H and O–H groups in total. The van der Waals surface area contributed by atoms with E-state index in [0.29, 0.717) is 0 Å². The average Bonchev–Trinajstić information content (AvgIpc) is 3.13. The Kier molecular flexibility index (Phi) is 5.53. The predicted octanol–water partition coefficient (Wildman–Crippen LogP) is 3.89. The summed E-state index contributed by atoms with van der Waals surface area (Å²) in [7, 11) is 5.14. The number of hydrogen-bond donors (Lipinski definition) is 0. The Morgan fingerprint density at radius 2 is 1.13 bits per heavy atom. The molecule has 0 aliphatic heterocycles. The first-order valence-corrected chi connectivity index (χ1v) is 11.3. The van der Waals surface area contributed by atoms with Gasteiger partial charge in [-0.05, 0) is 42.5 Å². The van der Waals surface area contributed by atoms with E-state index < -0.39 is 8.80 Å². The van der Waals surface area contributed by atoms with Gasteiger partial charge in [0.15, 0.2) is 0 Å². The van der Waals surface area contributed by atoms with Gasteiger partial charge in [0.05, 0.1) is 30.9 Å². The van der Waals surface area contributed by atoms with Crippen LogP contribution in [0, 0.1) is 0 Å². The summed E-state index contributed by atoms with van der Waals surface area (Å²) in [6.07, 6.45) is 0. The number of para-hydroxylation sites is 1. The van der Waals surface area contributed by atoms with E-state index in [-0.39, 0.29) is 0 Å². The lowest BCUT2D eigenvalue weighted by Crippen LogP contribution is -2.55. The Morgan fingerprint density at radius 3 is 1.60 bits per heavy atom. The summed E-state index contributed by atoms with van der Waals surface area (Å²) in [4.78, 5) is 0. The molecule has 4 aromatic rings. The maximum atomic E-state index is 5.80. The van der Waals surface area contributed by atoms with Gasteiger partial charge in [-0.3, -0.25) is 0 Å². The van der Waals surface area contributed by atoms with Crippen LogP contribution in [-0.2, 0) is 13.3 Å². The van der Waals surface area contributed by atoms with Crippen LogP contribution >= 0.6 is 0 Å². The van der Waals surface area contributed by atoms with Crippen LogP contribution in [-0.4, -0.2) is 48.9 Å². The second kappa shape index (κ2) is 8.12. The zero-order chi connectivity index (χ0) is 21.3. The molecule has 0 bridgehead atoms. The third-order valence-electron chi connectivity index (χ3n) is 5.46. The first kappa shape index (κ1) is 20.4. The molecule has 6 nitrogen and oxygen atoms in total. The highest BCUT2D eigenvalue weighted by atomic mass is 28.4. The van der Waals surface area contributed by atoms with Gasteiger partial charge in [-0.2, -0.15) is 0 Å². The molecule has 1 heterocycles. The van der Waals surface area contributed by atoms with E-state index in [1.54, 1.807) is 35.5 Å². The first-order chi connectivity index (χ1) is 14.6. The Balaban J connectivity index is 2.12. The minimum Gasteiger partial charge on any atom is -0.497 e. The number of fused-ring (bicyclic) bond motifs is 3. The highest BCUT2D eigenvalue weighted by Gasteiger charge is 2.43. The normalized spacial score (nSPS) is 11.9. The van der Waals surface area contributed by atoms with Gasteiger partial charge >= 0.3 is 8.80 Å². The highest BCUT2D eigenvalue weighted by molar-refractivity contribution is 6.76. The van der Waals surface area contributed by atoms with E-state index in [4.69, 9.17) is 22.8 Å². The molecule has 0 aliphatic carbocycles. The maximum absolute atomic E-state index is 5.80. The van der Waals surface area contributed by atoms with Crippen molar-refractivity contribution in [2.75, 3.05) is 35.5 Å². The molecule has 7 heteroatoms. The van der Waals surface area contributed by atoms with Gasteiger partial charge < -0.3 is 27.3 Å². The molecule has 1 aromatic heterocycles. The van der Waals surface area contributed by atoms with Crippen LogP contribution in [0.1, 0.15) is 0 Å². The van der Waals surface area contributed by atoms with E-state index in [1.807, 2.05) is 42.5 Å². The molecule has 0 amide bonds. The second-order valence-electron chi connectivity index (χ2n) is 6.79. The van der Waals surface area contributed by atoms with Crippen molar-refractivity contribution in [1.29, 1.82) is 0 Å². The van der Waals surface area contributed by atoms with Crippen molar-refractivity contribution in [3.05, 3.63) is 60.7 Å². The van der Waals surface area contributed by atoms with Crippen molar-refractivity contribution >= 4 is 35.8 Å². The van der Waals surface area contributed by atoms with Crippen LogP contribution in [0.15, 0.2) is 60.7 Å². The molecule has 4 rings (SSSR count). The van der Waals surface area contributed by atoms with Crippen LogP contribution < -0.4 is 14.7 Å². The fraction of sp³-hybridized carbons (Fsp3) is 0.217. The minimum atomic E-state index is -3.07. The number of methoxy groups -OCH3 is 2. The lowest BCUT2D eigenvalue weighted by Gasteiger charge is -2.27. The minimum absolute atomic E-state index is 0.798. The zero-order valence-corrected chi connectivity index (χ0v) is 18.8. The van der Waals surface area contributed by atoms with Crippen LogP contribution in [0.5, 0.6) is 11.5 Å². The quantitative estimate of drug-likeness (QED) is 0.422. The summed E-state index contributed by atoms with van der Waals surface area (Å²) < 4.78 is 30.6. The summed E-state index contributed by atoms with van der Waals surface area (Å²) in [6.45, 7) is 0. The Morgan fingerprint density at radius 1 is 0.633 bits per heavy atom. The molecule has 3 aromatic carbocycles. The van der Waals surface area contributed by atoms with Gasteiger partial charge in [0.1, 0.15) is 11.5 Å². The van der Waals surface area contributed by atoms with E-state index in [9.17, 15) is 0 Å². The number of nitrogens with zero attached hydrogens (tertiary/aromatic N) is 1. The van der Waals surface area contributed by atoms with E-state index >= 15 is 0 Å². The molecule has 0 fully saturated rings. The standard InChI is InChI=1S/C23H25NO5Si/c1-25-16-10-12-20-18(14-16)19-15-17(26-2)11-13-21(19)24(20)22-8-6-7-9-23(22)30(27-3,28-4)29-5/h6-15H,1-5H3. The molecule has 0 unspecified atom stereocenters. The van der Waals surface area contributed by atoms with Crippen LogP contribution in [0.25, 0.3) is 27.5 Å². The van der Waals surface area contributed by atoms with Crippen LogP contribution in [0.3, 0.4) is 0 Å². The number of ether oxygens (including phenoxy) is 2. The predicted molar refractivity (Wildman–Crippen MR) is 120 cm³/mol. The molecular weight excluding hydrogens is 398 g/mol. The van der Waals surface area contributed by atoms with Gasteiger partial charge in [0, 0.05) is 37.3 Å². The van der Waals surface area contributed by atoms with Crippen molar-refractivity contribution in [2.45, 2.75) is 0 Å².